The number of fused-ring (bicyclic) bond motifs is 3. The van der Waals surface area contributed by atoms with Gasteiger partial charge in [-0.05, 0) is 34.4 Å². The van der Waals surface area contributed by atoms with Gasteiger partial charge >= 0.3 is 12.2 Å². The van der Waals surface area contributed by atoms with E-state index in [9.17, 15) is 19.7 Å². The molecule has 33 heavy (non-hydrogen) atoms. The second kappa shape index (κ2) is 9.82. The third-order valence-corrected chi connectivity index (χ3v) is 5.18. The van der Waals surface area contributed by atoms with Gasteiger partial charge in [0.15, 0.2) is 0 Å². The van der Waals surface area contributed by atoms with Gasteiger partial charge in [-0.2, -0.15) is 0 Å². The van der Waals surface area contributed by atoms with E-state index in [4.69, 9.17) is 14.2 Å². The van der Waals surface area contributed by atoms with Gasteiger partial charge in [0.25, 0.3) is 5.69 Å². The first-order valence-electron chi connectivity index (χ1n) is 10.2. The molecule has 1 aliphatic carbocycles. The van der Waals surface area contributed by atoms with Crippen molar-refractivity contribution >= 4 is 17.9 Å². The Kier molecular flexibility index (Phi) is 6.49. The molecular weight excluding hydrogens is 428 g/mol. The molecule has 0 aromatic heterocycles. The highest BCUT2D eigenvalue weighted by Crippen LogP contribution is 2.44. The summed E-state index contributed by atoms with van der Waals surface area (Å²) in [5, 5.41) is 13.1. The fraction of sp³-hybridized carbons (Fsp3) is 0.167. The molecule has 1 N–H and O–H groups in total. The molecule has 4 rings (SSSR count). The number of non-ortho nitro benzene ring substituents is 1. The van der Waals surface area contributed by atoms with Crippen molar-refractivity contribution in [3.05, 3.63) is 94.0 Å². The lowest BCUT2D eigenvalue weighted by molar-refractivity contribution is -0.384. The fourth-order valence-corrected chi connectivity index (χ4v) is 3.70. The van der Waals surface area contributed by atoms with Crippen LogP contribution in [-0.4, -0.2) is 36.9 Å². The highest BCUT2D eigenvalue weighted by atomic mass is 16.7. The van der Waals surface area contributed by atoms with E-state index in [0.29, 0.717) is 0 Å². The van der Waals surface area contributed by atoms with Gasteiger partial charge in [0.2, 0.25) is 0 Å². The number of benzene rings is 3. The highest BCUT2D eigenvalue weighted by Gasteiger charge is 2.28. The molecule has 1 aliphatic rings. The summed E-state index contributed by atoms with van der Waals surface area (Å²) in [4.78, 5) is 33.8. The van der Waals surface area contributed by atoms with Crippen molar-refractivity contribution in [1.82, 2.24) is 5.32 Å². The SMILES string of the molecule is O=C(NCCOC(=O)Oc1ccc([N+](=O)[O-])cc1)OCC1c2ccccc2-c2ccccc21. The van der Waals surface area contributed by atoms with Gasteiger partial charge < -0.3 is 19.5 Å². The highest BCUT2D eigenvalue weighted by molar-refractivity contribution is 5.79. The monoisotopic (exact) mass is 448 g/mol. The van der Waals surface area contributed by atoms with E-state index in [2.05, 4.69) is 17.4 Å². The molecule has 0 heterocycles. The number of hydrogen-bond donors (Lipinski definition) is 1. The van der Waals surface area contributed by atoms with Crippen LogP contribution in [0.4, 0.5) is 15.3 Å². The van der Waals surface area contributed by atoms with Crippen LogP contribution in [-0.2, 0) is 9.47 Å². The molecule has 9 nitrogen and oxygen atoms in total. The third-order valence-electron chi connectivity index (χ3n) is 5.18. The molecule has 3 aromatic rings. The predicted molar refractivity (Wildman–Crippen MR) is 118 cm³/mol. The van der Waals surface area contributed by atoms with Crippen LogP contribution in [0.2, 0.25) is 0 Å². The molecule has 1 amide bonds. The minimum absolute atomic E-state index is 0.0338. The average Bonchev–Trinajstić information content (AvgIpc) is 3.14. The smallest absolute Gasteiger partial charge is 0.449 e. The molecule has 0 saturated heterocycles. The Balaban J connectivity index is 1.20. The number of amides is 1. The molecule has 0 atom stereocenters. The van der Waals surface area contributed by atoms with Crippen LogP contribution >= 0.6 is 0 Å². The van der Waals surface area contributed by atoms with Gasteiger partial charge in [0, 0.05) is 18.1 Å². The van der Waals surface area contributed by atoms with E-state index < -0.39 is 17.2 Å². The van der Waals surface area contributed by atoms with E-state index in [0.717, 1.165) is 22.3 Å². The van der Waals surface area contributed by atoms with Crippen LogP contribution < -0.4 is 10.1 Å². The summed E-state index contributed by atoms with van der Waals surface area (Å²) >= 11 is 0. The third kappa shape index (κ3) is 5.09. The maximum atomic E-state index is 12.1. The summed E-state index contributed by atoms with van der Waals surface area (Å²) in [6.45, 7) is 0.0882. The Hall–Kier alpha value is -4.40. The van der Waals surface area contributed by atoms with Crippen LogP contribution in [0.5, 0.6) is 5.75 Å². The largest absolute Gasteiger partial charge is 0.513 e. The van der Waals surface area contributed by atoms with Crippen LogP contribution in [0, 0.1) is 10.1 Å². The molecule has 0 spiro atoms. The van der Waals surface area contributed by atoms with E-state index in [1.807, 2.05) is 36.4 Å². The number of nitro benzene ring substituents is 1. The topological polar surface area (TPSA) is 117 Å². The predicted octanol–water partition coefficient (Wildman–Crippen LogP) is 4.65. The van der Waals surface area contributed by atoms with Gasteiger partial charge in [0.05, 0.1) is 11.5 Å². The van der Waals surface area contributed by atoms with Crippen molar-refractivity contribution in [3.8, 4) is 16.9 Å². The summed E-state index contributed by atoms with van der Waals surface area (Å²) in [6.07, 6.45) is -1.61. The normalized spacial score (nSPS) is 11.8. The van der Waals surface area contributed by atoms with Crippen molar-refractivity contribution in [3.63, 3.8) is 0 Å². The molecule has 0 bridgehead atoms. The molecule has 3 aromatic carbocycles. The van der Waals surface area contributed by atoms with Gasteiger partial charge in [-0.3, -0.25) is 10.1 Å². The van der Waals surface area contributed by atoms with E-state index in [-0.39, 0.29) is 37.1 Å². The number of nitro groups is 1. The first kappa shape index (κ1) is 21.8. The van der Waals surface area contributed by atoms with Crippen molar-refractivity contribution in [1.29, 1.82) is 0 Å². The van der Waals surface area contributed by atoms with E-state index >= 15 is 0 Å². The molecule has 0 fully saturated rings. The number of nitrogens with one attached hydrogen (secondary N) is 1. The Morgan fingerprint density at radius 3 is 2.09 bits per heavy atom. The first-order chi connectivity index (χ1) is 16.0. The van der Waals surface area contributed by atoms with Crippen LogP contribution in [0.25, 0.3) is 11.1 Å². The minimum atomic E-state index is -0.988. The van der Waals surface area contributed by atoms with Crippen LogP contribution in [0.1, 0.15) is 17.0 Å². The summed E-state index contributed by atoms with van der Waals surface area (Å²) in [5.74, 6) is 0.0613. The Bertz CT molecular complexity index is 1130. The van der Waals surface area contributed by atoms with Gasteiger partial charge in [-0.15, -0.1) is 0 Å². The lowest BCUT2D eigenvalue weighted by Gasteiger charge is -2.14. The second-order valence-electron chi connectivity index (χ2n) is 7.20. The lowest BCUT2D eigenvalue weighted by atomic mass is 9.98. The van der Waals surface area contributed by atoms with Crippen molar-refractivity contribution in [2.75, 3.05) is 19.8 Å². The number of alkyl carbamates (subject to hydrolysis) is 1. The van der Waals surface area contributed by atoms with Gasteiger partial charge in [-0.1, -0.05) is 48.5 Å². The average molecular weight is 448 g/mol. The summed E-state index contributed by atoms with van der Waals surface area (Å²) in [6, 6.07) is 21.1. The van der Waals surface area contributed by atoms with Crippen molar-refractivity contribution in [2.24, 2.45) is 0 Å². The quantitative estimate of drug-likeness (QED) is 0.184. The maximum Gasteiger partial charge on any atom is 0.513 e. The number of rotatable bonds is 7. The molecule has 0 unspecified atom stereocenters. The Morgan fingerprint density at radius 1 is 0.879 bits per heavy atom. The molecular formula is C24H20N2O7. The van der Waals surface area contributed by atoms with Crippen molar-refractivity contribution < 1.29 is 28.7 Å². The Morgan fingerprint density at radius 2 is 1.48 bits per heavy atom. The number of ether oxygens (including phenoxy) is 3. The zero-order chi connectivity index (χ0) is 23.2. The number of carbonyl (C=O) groups is 2. The standard InChI is InChI=1S/C24H20N2O7/c27-23(25-13-14-31-24(28)33-17-11-9-16(10-12-17)26(29)30)32-15-22-20-7-3-1-5-18(20)19-6-2-4-8-21(19)22/h1-12,22H,13-15H2,(H,25,27). The first-order valence-corrected chi connectivity index (χ1v) is 10.2. The minimum Gasteiger partial charge on any atom is -0.449 e. The lowest BCUT2D eigenvalue weighted by Crippen LogP contribution is -2.30. The number of carbonyl (C=O) groups excluding carboxylic acids is 2. The molecule has 0 radical (unpaired) electrons. The van der Waals surface area contributed by atoms with E-state index in [1.54, 1.807) is 0 Å². The maximum absolute atomic E-state index is 12.1. The van der Waals surface area contributed by atoms with E-state index in [1.165, 1.54) is 24.3 Å². The molecule has 0 aliphatic heterocycles. The second-order valence-corrected chi connectivity index (χ2v) is 7.20. The summed E-state index contributed by atoms with van der Waals surface area (Å²) < 4.78 is 15.2. The zero-order valence-corrected chi connectivity index (χ0v) is 17.4. The zero-order valence-electron chi connectivity index (χ0n) is 17.4. The summed E-state index contributed by atoms with van der Waals surface area (Å²) in [5.41, 5.74) is 4.39. The Labute approximate surface area is 189 Å². The van der Waals surface area contributed by atoms with Crippen molar-refractivity contribution in [2.45, 2.75) is 5.92 Å². The number of hydrogen-bond acceptors (Lipinski definition) is 7. The van der Waals surface area contributed by atoms with Crippen LogP contribution in [0.3, 0.4) is 0 Å². The van der Waals surface area contributed by atoms with Gasteiger partial charge in [0.1, 0.15) is 19.0 Å². The fourth-order valence-electron chi connectivity index (χ4n) is 3.70. The molecule has 9 heteroatoms. The van der Waals surface area contributed by atoms with Crippen LogP contribution in [0.15, 0.2) is 72.8 Å². The number of nitrogens with zero attached hydrogens (tertiary/aromatic N) is 1. The summed E-state index contributed by atoms with van der Waals surface area (Å²) in [7, 11) is 0. The molecule has 0 saturated carbocycles. The van der Waals surface area contributed by atoms with Gasteiger partial charge in [-0.25, -0.2) is 9.59 Å². The molecule has 168 valence electrons.